The average Bonchev–Trinajstić information content (AvgIpc) is 3.18. The molecule has 0 aliphatic carbocycles. The van der Waals surface area contributed by atoms with Gasteiger partial charge in [-0.2, -0.15) is 5.10 Å². The van der Waals surface area contributed by atoms with E-state index in [1.165, 1.54) is 29.5 Å². The van der Waals surface area contributed by atoms with E-state index in [0.717, 1.165) is 15.6 Å². The molecule has 0 aliphatic heterocycles. The molecular formula is C18H15ClN4O4S. The summed E-state index contributed by atoms with van der Waals surface area (Å²) in [5.41, 5.74) is -1.36. The molecule has 28 heavy (non-hydrogen) atoms. The number of nitro groups is 1. The quantitative estimate of drug-likeness (QED) is 0.499. The number of nitrogens with zero attached hydrogens (tertiary/aromatic N) is 3. The summed E-state index contributed by atoms with van der Waals surface area (Å²) in [6, 6.07) is 10.6. The number of benzene rings is 1. The van der Waals surface area contributed by atoms with Gasteiger partial charge in [-0.05, 0) is 43.5 Å². The van der Waals surface area contributed by atoms with Crippen LogP contribution in [0.4, 0.5) is 11.4 Å². The zero-order valence-corrected chi connectivity index (χ0v) is 16.5. The highest BCUT2D eigenvalue weighted by atomic mass is 35.5. The number of carbonyl (C=O) groups is 1. The van der Waals surface area contributed by atoms with E-state index >= 15 is 0 Å². The van der Waals surface area contributed by atoms with Gasteiger partial charge in [-0.3, -0.25) is 19.7 Å². The molecular weight excluding hydrogens is 404 g/mol. The number of nitrogens with one attached hydrogen (secondary N) is 1. The highest BCUT2D eigenvalue weighted by molar-refractivity contribution is 7.13. The van der Waals surface area contributed by atoms with Crippen molar-refractivity contribution in [1.29, 1.82) is 0 Å². The predicted octanol–water partition coefficient (Wildman–Crippen LogP) is 3.91. The van der Waals surface area contributed by atoms with Crippen molar-refractivity contribution in [1.82, 2.24) is 9.78 Å². The Kier molecular flexibility index (Phi) is 5.30. The number of aromatic nitrogens is 2. The third-order valence-electron chi connectivity index (χ3n) is 4.06. The summed E-state index contributed by atoms with van der Waals surface area (Å²) in [7, 11) is 0. The van der Waals surface area contributed by atoms with Crippen LogP contribution in [0.25, 0.3) is 10.6 Å². The van der Waals surface area contributed by atoms with Crippen LogP contribution in [0.15, 0.2) is 52.6 Å². The zero-order valence-electron chi connectivity index (χ0n) is 14.9. The van der Waals surface area contributed by atoms with Crippen LogP contribution in [0, 0.1) is 10.1 Å². The van der Waals surface area contributed by atoms with Crippen LogP contribution < -0.4 is 10.9 Å². The first-order valence-corrected chi connectivity index (χ1v) is 9.36. The second-order valence-corrected chi connectivity index (χ2v) is 7.74. The van der Waals surface area contributed by atoms with Gasteiger partial charge in [0.2, 0.25) is 0 Å². The first-order chi connectivity index (χ1) is 13.2. The van der Waals surface area contributed by atoms with Gasteiger partial charge < -0.3 is 5.32 Å². The minimum absolute atomic E-state index is 0.0382. The van der Waals surface area contributed by atoms with Crippen molar-refractivity contribution in [2.45, 2.75) is 19.4 Å². The maximum Gasteiger partial charge on any atom is 0.289 e. The second-order valence-electron chi connectivity index (χ2n) is 6.38. The fraction of sp³-hybridized carbons (Fsp3) is 0.167. The van der Waals surface area contributed by atoms with E-state index in [9.17, 15) is 19.7 Å². The molecule has 1 amide bonds. The fourth-order valence-corrected chi connectivity index (χ4v) is 3.35. The van der Waals surface area contributed by atoms with Crippen molar-refractivity contribution < 1.29 is 9.72 Å². The Morgan fingerprint density at radius 2 is 2.04 bits per heavy atom. The standard InChI is InChI=1S/C18H15ClN4O4S/c1-18(2,17(25)20-11-5-6-12(19)14(10-11)23(26)27)22-16(24)8-7-13(21-22)15-4-3-9-28-15/h3-10H,1-2H3,(H,20,25). The van der Waals surface area contributed by atoms with E-state index < -0.39 is 21.9 Å². The molecule has 0 saturated heterocycles. The molecule has 8 nitrogen and oxygen atoms in total. The second kappa shape index (κ2) is 7.53. The van der Waals surface area contributed by atoms with E-state index in [1.807, 2.05) is 17.5 Å². The maximum atomic E-state index is 12.8. The Morgan fingerprint density at radius 1 is 1.29 bits per heavy atom. The molecule has 0 radical (unpaired) electrons. The maximum absolute atomic E-state index is 12.8. The largest absolute Gasteiger partial charge is 0.324 e. The minimum atomic E-state index is -1.35. The minimum Gasteiger partial charge on any atom is -0.324 e. The van der Waals surface area contributed by atoms with Gasteiger partial charge in [0.1, 0.15) is 16.3 Å². The molecule has 0 aliphatic rings. The van der Waals surface area contributed by atoms with Gasteiger partial charge in [0.15, 0.2) is 0 Å². The molecule has 1 N–H and O–H groups in total. The van der Waals surface area contributed by atoms with Crippen LogP contribution in [-0.4, -0.2) is 20.6 Å². The molecule has 0 unspecified atom stereocenters. The van der Waals surface area contributed by atoms with Crippen molar-refractivity contribution in [2.24, 2.45) is 0 Å². The van der Waals surface area contributed by atoms with Crippen LogP contribution in [0.3, 0.4) is 0 Å². The summed E-state index contributed by atoms with van der Waals surface area (Å²) < 4.78 is 1.10. The number of rotatable bonds is 5. The number of thiophene rings is 1. The van der Waals surface area contributed by atoms with Gasteiger partial charge in [0.25, 0.3) is 17.2 Å². The molecule has 0 atom stereocenters. The van der Waals surface area contributed by atoms with E-state index in [1.54, 1.807) is 19.9 Å². The van der Waals surface area contributed by atoms with Crippen molar-refractivity contribution in [3.63, 3.8) is 0 Å². The lowest BCUT2D eigenvalue weighted by Crippen LogP contribution is -2.47. The van der Waals surface area contributed by atoms with Gasteiger partial charge >= 0.3 is 0 Å². The summed E-state index contributed by atoms with van der Waals surface area (Å²) >= 11 is 7.25. The van der Waals surface area contributed by atoms with Gasteiger partial charge in [0.05, 0.1) is 9.80 Å². The number of nitro benzene ring substituents is 1. The smallest absolute Gasteiger partial charge is 0.289 e. The number of hydrogen-bond donors (Lipinski definition) is 1. The van der Waals surface area contributed by atoms with Gasteiger partial charge in [-0.25, -0.2) is 4.68 Å². The van der Waals surface area contributed by atoms with Gasteiger partial charge in [-0.15, -0.1) is 11.3 Å². The molecule has 2 aromatic heterocycles. The first kappa shape index (κ1) is 19.7. The molecule has 3 aromatic rings. The third-order valence-corrected chi connectivity index (χ3v) is 5.27. The third kappa shape index (κ3) is 3.80. The summed E-state index contributed by atoms with van der Waals surface area (Å²) in [5.74, 6) is -0.554. The van der Waals surface area contributed by atoms with Crippen LogP contribution >= 0.6 is 22.9 Å². The molecule has 0 fully saturated rings. The number of hydrogen-bond acceptors (Lipinski definition) is 6. The van der Waals surface area contributed by atoms with E-state index in [0.29, 0.717) is 5.69 Å². The van der Waals surface area contributed by atoms with E-state index in [-0.39, 0.29) is 16.4 Å². The fourth-order valence-electron chi connectivity index (χ4n) is 2.48. The van der Waals surface area contributed by atoms with Crippen LogP contribution in [0.5, 0.6) is 0 Å². The molecule has 10 heteroatoms. The van der Waals surface area contributed by atoms with Gasteiger partial charge in [-0.1, -0.05) is 17.7 Å². The highest BCUT2D eigenvalue weighted by Gasteiger charge is 2.32. The topological polar surface area (TPSA) is 107 Å². The summed E-state index contributed by atoms with van der Waals surface area (Å²) in [5, 5.41) is 19.8. The predicted molar refractivity (Wildman–Crippen MR) is 108 cm³/mol. The first-order valence-electron chi connectivity index (χ1n) is 8.10. The number of halogens is 1. The lowest BCUT2D eigenvalue weighted by molar-refractivity contribution is -0.384. The van der Waals surface area contributed by atoms with E-state index in [2.05, 4.69) is 10.4 Å². The highest BCUT2D eigenvalue weighted by Crippen LogP contribution is 2.28. The SMILES string of the molecule is CC(C)(C(=O)Nc1ccc(Cl)c([N+](=O)[O-])c1)n1nc(-c2cccs2)ccc1=O. The van der Waals surface area contributed by atoms with Gasteiger partial charge in [0, 0.05) is 17.8 Å². The lowest BCUT2D eigenvalue weighted by Gasteiger charge is -2.25. The van der Waals surface area contributed by atoms with Crippen molar-refractivity contribution in [3.05, 3.63) is 73.3 Å². The molecule has 0 saturated carbocycles. The van der Waals surface area contributed by atoms with Crippen LogP contribution in [0.1, 0.15) is 13.8 Å². The molecule has 0 spiro atoms. The molecule has 0 bridgehead atoms. The van der Waals surface area contributed by atoms with Crippen molar-refractivity contribution in [3.8, 4) is 10.6 Å². The van der Waals surface area contributed by atoms with Crippen molar-refractivity contribution >= 4 is 40.2 Å². The summed E-state index contributed by atoms with van der Waals surface area (Å²) in [6.45, 7) is 3.08. The summed E-state index contributed by atoms with van der Waals surface area (Å²) in [6.07, 6.45) is 0. The molecule has 144 valence electrons. The molecule has 1 aromatic carbocycles. The Balaban J connectivity index is 1.94. The molecule has 2 heterocycles. The van der Waals surface area contributed by atoms with E-state index in [4.69, 9.17) is 11.6 Å². The Hall–Kier alpha value is -3.04. The zero-order chi connectivity index (χ0) is 20.5. The Bertz CT molecular complexity index is 1110. The monoisotopic (exact) mass is 418 g/mol. The Morgan fingerprint density at radius 3 is 2.68 bits per heavy atom. The summed E-state index contributed by atoms with van der Waals surface area (Å²) in [4.78, 5) is 36.4. The number of carbonyl (C=O) groups excluding carboxylic acids is 1. The lowest BCUT2D eigenvalue weighted by atomic mass is 10.0. The van der Waals surface area contributed by atoms with Crippen molar-refractivity contribution in [2.75, 3.05) is 5.32 Å². The normalized spacial score (nSPS) is 11.2. The average molecular weight is 419 g/mol. The van der Waals surface area contributed by atoms with Crippen LogP contribution in [-0.2, 0) is 10.3 Å². The Labute approximate surface area is 168 Å². The number of anilines is 1. The molecule has 3 rings (SSSR count). The van der Waals surface area contributed by atoms with Crippen LogP contribution in [0.2, 0.25) is 5.02 Å². The number of amides is 1.